The number of fused-ring (bicyclic) bond motifs is 1. The lowest BCUT2D eigenvalue weighted by molar-refractivity contribution is -0.319. The number of ether oxygens (including phenoxy) is 3. The van der Waals surface area contributed by atoms with E-state index in [2.05, 4.69) is 20.5 Å². The standard InChI is InChI=1S/C25H23F3N6O5/c26-15-8-14(9-16(27)19(15)28)17-10-34(32-30-17)20-21(36)23(24-31-29-12-33(24)6-7-35)38-18-11-37-25(39-22(18)20)13-4-2-1-3-5-13/h1-5,8-10,12,18,20-23,25,35-36H,6-7,11H2/t18-,20-,21-,22+,23-,25?/m1/s1. The van der Waals surface area contributed by atoms with Gasteiger partial charge in [0.1, 0.15) is 42.5 Å². The number of nitrogens with zero attached hydrogens (tertiary/aromatic N) is 6. The zero-order chi connectivity index (χ0) is 27.1. The van der Waals surface area contributed by atoms with Crippen LogP contribution in [0.4, 0.5) is 13.2 Å². The van der Waals surface area contributed by atoms with E-state index in [-0.39, 0.29) is 36.8 Å². The van der Waals surface area contributed by atoms with Crippen LogP contribution in [0.5, 0.6) is 0 Å². The average Bonchev–Trinajstić information content (AvgIpc) is 3.62. The topological polar surface area (TPSA) is 130 Å². The average molecular weight is 544 g/mol. The van der Waals surface area contributed by atoms with E-state index in [1.54, 1.807) is 4.57 Å². The van der Waals surface area contributed by atoms with Gasteiger partial charge in [-0.25, -0.2) is 17.9 Å². The van der Waals surface area contributed by atoms with Gasteiger partial charge < -0.3 is 29.0 Å². The first-order valence-electron chi connectivity index (χ1n) is 12.2. The number of benzene rings is 2. The third kappa shape index (κ3) is 4.70. The minimum Gasteiger partial charge on any atom is -0.395 e. The van der Waals surface area contributed by atoms with Crippen molar-refractivity contribution in [1.82, 2.24) is 29.8 Å². The van der Waals surface area contributed by atoms with E-state index in [0.29, 0.717) is 0 Å². The molecule has 0 spiro atoms. The van der Waals surface area contributed by atoms with Gasteiger partial charge in [-0.05, 0) is 12.1 Å². The molecule has 0 bridgehead atoms. The van der Waals surface area contributed by atoms with Gasteiger partial charge in [0.05, 0.1) is 19.4 Å². The minimum atomic E-state index is -1.59. The van der Waals surface area contributed by atoms with Crippen LogP contribution >= 0.6 is 0 Å². The van der Waals surface area contributed by atoms with Crippen molar-refractivity contribution in [2.45, 2.75) is 43.3 Å². The Kier molecular flexibility index (Phi) is 6.86. The van der Waals surface area contributed by atoms with Crippen molar-refractivity contribution in [1.29, 1.82) is 0 Å². The highest BCUT2D eigenvalue weighted by atomic mass is 19.2. The zero-order valence-electron chi connectivity index (χ0n) is 20.2. The molecule has 2 fully saturated rings. The van der Waals surface area contributed by atoms with Crippen molar-refractivity contribution in [2.24, 2.45) is 0 Å². The summed E-state index contributed by atoms with van der Waals surface area (Å²) in [6, 6.07) is 9.92. The lowest BCUT2D eigenvalue weighted by Gasteiger charge is -2.47. The van der Waals surface area contributed by atoms with Gasteiger partial charge in [-0.1, -0.05) is 35.5 Å². The molecule has 2 aromatic heterocycles. The summed E-state index contributed by atoms with van der Waals surface area (Å²) < 4.78 is 62.6. The van der Waals surface area contributed by atoms with Crippen LogP contribution in [-0.4, -0.2) is 71.5 Å². The molecule has 2 aliphatic rings. The fourth-order valence-corrected chi connectivity index (χ4v) is 4.93. The van der Waals surface area contributed by atoms with E-state index in [0.717, 1.165) is 17.7 Å². The largest absolute Gasteiger partial charge is 0.395 e. The normalized spacial score (nSPS) is 26.9. The van der Waals surface area contributed by atoms with Crippen LogP contribution in [0.1, 0.15) is 29.8 Å². The van der Waals surface area contributed by atoms with E-state index in [1.807, 2.05) is 30.3 Å². The molecule has 2 aliphatic heterocycles. The Morgan fingerprint density at radius 3 is 2.54 bits per heavy atom. The molecule has 2 N–H and O–H groups in total. The Morgan fingerprint density at radius 1 is 1.03 bits per heavy atom. The molecule has 14 heteroatoms. The Balaban J connectivity index is 1.38. The molecule has 39 heavy (non-hydrogen) atoms. The van der Waals surface area contributed by atoms with Gasteiger partial charge in [0, 0.05) is 17.7 Å². The maximum Gasteiger partial charge on any atom is 0.194 e. The van der Waals surface area contributed by atoms with Crippen molar-refractivity contribution in [3.8, 4) is 11.3 Å². The molecular formula is C25H23F3N6O5. The lowest BCUT2D eigenvalue weighted by Crippen LogP contribution is -2.57. The quantitative estimate of drug-likeness (QED) is 0.351. The van der Waals surface area contributed by atoms with Crippen LogP contribution in [0.15, 0.2) is 55.0 Å². The Morgan fingerprint density at radius 2 is 1.79 bits per heavy atom. The molecule has 6 rings (SSSR count). The van der Waals surface area contributed by atoms with Crippen LogP contribution in [-0.2, 0) is 20.8 Å². The number of hydrogen-bond acceptors (Lipinski definition) is 9. The van der Waals surface area contributed by atoms with Gasteiger partial charge in [-0.15, -0.1) is 15.3 Å². The first kappa shape index (κ1) is 25.6. The van der Waals surface area contributed by atoms with Gasteiger partial charge in [0.15, 0.2) is 29.6 Å². The second-order valence-electron chi connectivity index (χ2n) is 9.20. The van der Waals surface area contributed by atoms with Gasteiger partial charge in [-0.3, -0.25) is 0 Å². The molecule has 0 amide bonds. The van der Waals surface area contributed by atoms with E-state index < -0.39 is 54.2 Å². The lowest BCUT2D eigenvalue weighted by atomic mass is 9.91. The smallest absolute Gasteiger partial charge is 0.194 e. The molecule has 0 saturated carbocycles. The third-order valence-corrected chi connectivity index (χ3v) is 6.79. The first-order chi connectivity index (χ1) is 18.9. The number of rotatable bonds is 6. The molecule has 1 unspecified atom stereocenters. The van der Waals surface area contributed by atoms with Gasteiger partial charge in [0.2, 0.25) is 0 Å². The van der Waals surface area contributed by atoms with E-state index in [9.17, 15) is 23.4 Å². The maximum atomic E-state index is 13.9. The summed E-state index contributed by atoms with van der Waals surface area (Å²) >= 11 is 0. The number of hydrogen-bond donors (Lipinski definition) is 2. The molecule has 2 saturated heterocycles. The number of aromatic nitrogens is 6. The van der Waals surface area contributed by atoms with Gasteiger partial charge in [-0.2, -0.15) is 0 Å². The van der Waals surface area contributed by atoms with Gasteiger partial charge in [0.25, 0.3) is 0 Å². The summed E-state index contributed by atoms with van der Waals surface area (Å²) in [4.78, 5) is 0. The molecule has 4 heterocycles. The van der Waals surface area contributed by atoms with E-state index in [1.165, 1.54) is 17.2 Å². The van der Waals surface area contributed by atoms with Crippen LogP contribution in [0, 0.1) is 17.5 Å². The van der Waals surface area contributed by atoms with E-state index in [4.69, 9.17) is 14.2 Å². The van der Waals surface area contributed by atoms with Crippen LogP contribution in [0.25, 0.3) is 11.3 Å². The van der Waals surface area contributed by atoms with Crippen LogP contribution < -0.4 is 0 Å². The number of aliphatic hydroxyl groups is 2. The van der Waals surface area contributed by atoms with Crippen molar-refractivity contribution < 1.29 is 37.6 Å². The molecule has 11 nitrogen and oxygen atoms in total. The summed E-state index contributed by atoms with van der Waals surface area (Å²) in [6.07, 6.45) is -1.76. The molecule has 6 atom stereocenters. The van der Waals surface area contributed by atoms with Crippen molar-refractivity contribution in [3.05, 3.63) is 83.8 Å². The van der Waals surface area contributed by atoms with Crippen molar-refractivity contribution in [2.75, 3.05) is 13.2 Å². The van der Waals surface area contributed by atoms with Crippen LogP contribution in [0.2, 0.25) is 0 Å². The molecule has 204 valence electrons. The minimum absolute atomic E-state index is 0.0370. The number of halogens is 3. The highest BCUT2D eigenvalue weighted by Crippen LogP contribution is 2.43. The monoisotopic (exact) mass is 544 g/mol. The second kappa shape index (κ2) is 10.5. The fourth-order valence-electron chi connectivity index (χ4n) is 4.93. The predicted molar refractivity (Wildman–Crippen MR) is 125 cm³/mol. The summed E-state index contributed by atoms with van der Waals surface area (Å²) in [7, 11) is 0. The molecule has 2 aromatic carbocycles. The SMILES string of the molecule is OCCn1cnnc1[C@@H]1O[C@@H]2COC(c3ccccc3)O[C@@H]2[C@H](n2cc(-c3cc(F)c(F)c(F)c3)nn2)[C@H]1O. The van der Waals surface area contributed by atoms with Gasteiger partial charge >= 0.3 is 0 Å². The maximum absolute atomic E-state index is 13.9. The van der Waals surface area contributed by atoms with Crippen LogP contribution in [0.3, 0.4) is 0 Å². The van der Waals surface area contributed by atoms with E-state index >= 15 is 0 Å². The Bertz CT molecular complexity index is 1430. The van der Waals surface area contributed by atoms with Crippen molar-refractivity contribution >= 4 is 0 Å². The first-order valence-corrected chi connectivity index (χ1v) is 12.2. The summed E-state index contributed by atoms with van der Waals surface area (Å²) in [6.45, 7) is 0.0888. The Hall–Kier alpha value is -3.69. The molecule has 4 aromatic rings. The third-order valence-electron chi connectivity index (χ3n) is 6.79. The Labute approximate surface area is 219 Å². The molecule has 0 radical (unpaired) electrons. The number of aliphatic hydroxyl groups excluding tert-OH is 2. The summed E-state index contributed by atoms with van der Waals surface area (Å²) in [5, 5.41) is 37.1. The highest BCUT2D eigenvalue weighted by molar-refractivity contribution is 5.58. The predicted octanol–water partition coefficient (Wildman–Crippen LogP) is 2.10. The molecular weight excluding hydrogens is 521 g/mol. The summed E-state index contributed by atoms with van der Waals surface area (Å²) in [5.41, 5.74) is 0.769. The second-order valence-corrected chi connectivity index (χ2v) is 9.20. The zero-order valence-corrected chi connectivity index (χ0v) is 20.2. The van der Waals surface area contributed by atoms with Crippen molar-refractivity contribution in [3.63, 3.8) is 0 Å². The molecule has 0 aliphatic carbocycles. The fraction of sp³-hybridized carbons (Fsp3) is 0.360. The highest BCUT2D eigenvalue weighted by Gasteiger charge is 2.52. The summed E-state index contributed by atoms with van der Waals surface area (Å²) in [5.74, 6) is -4.06.